The molecule has 19 heavy (non-hydrogen) atoms. The number of hydrogen-bond donors (Lipinski definition) is 2. The Labute approximate surface area is 119 Å². The van der Waals surface area contributed by atoms with Crippen molar-refractivity contribution >= 4 is 21.6 Å². The molecule has 0 saturated heterocycles. The van der Waals surface area contributed by atoms with Gasteiger partial charge < -0.3 is 5.32 Å². The molecule has 4 nitrogen and oxygen atoms in total. The van der Waals surface area contributed by atoms with Gasteiger partial charge in [0.25, 0.3) is 0 Å². The van der Waals surface area contributed by atoms with Crippen LogP contribution in [0.25, 0.3) is 0 Å². The summed E-state index contributed by atoms with van der Waals surface area (Å²) < 4.78 is 22.0. The van der Waals surface area contributed by atoms with E-state index in [9.17, 15) is 8.42 Å². The van der Waals surface area contributed by atoms with E-state index < -0.39 is 10.0 Å². The average molecular weight is 303 g/mol. The zero-order valence-electron chi connectivity index (χ0n) is 11.1. The second-order valence-corrected chi connectivity index (χ2v) is 7.93. The third-order valence-corrected chi connectivity index (χ3v) is 4.59. The molecular formula is C13H19ClN2O2S. The van der Waals surface area contributed by atoms with E-state index in [4.69, 9.17) is 16.7 Å². The van der Waals surface area contributed by atoms with Crippen molar-refractivity contribution in [2.45, 2.75) is 26.3 Å². The molecule has 0 saturated carbocycles. The summed E-state index contributed by atoms with van der Waals surface area (Å²) in [6, 6.07) is 5.99. The molecule has 1 atom stereocenters. The second kappa shape index (κ2) is 5.05. The third kappa shape index (κ3) is 3.48. The zero-order valence-corrected chi connectivity index (χ0v) is 12.7. The Morgan fingerprint density at radius 3 is 2.79 bits per heavy atom. The van der Waals surface area contributed by atoms with Gasteiger partial charge in [0.2, 0.25) is 10.0 Å². The van der Waals surface area contributed by atoms with Crippen molar-refractivity contribution in [1.82, 2.24) is 5.32 Å². The van der Waals surface area contributed by atoms with E-state index in [-0.39, 0.29) is 17.2 Å². The van der Waals surface area contributed by atoms with E-state index in [1.54, 1.807) is 0 Å². The van der Waals surface area contributed by atoms with Crippen LogP contribution in [0.5, 0.6) is 0 Å². The van der Waals surface area contributed by atoms with E-state index >= 15 is 0 Å². The first-order chi connectivity index (χ1) is 8.69. The van der Waals surface area contributed by atoms with Gasteiger partial charge in [-0.05, 0) is 35.1 Å². The van der Waals surface area contributed by atoms with E-state index in [0.717, 1.165) is 12.0 Å². The Bertz CT molecular complexity index is 584. The molecular weight excluding hydrogens is 284 g/mol. The first-order valence-corrected chi connectivity index (χ1v) is 8.30. The fraction of sp³-hybridized carbons (Fsp3) is 0.538. The molecule has 0 radical (unpaired) electrons. The van der Waals surface area contributed by atoms with E-state index in [1.807, 2.05) is 18.2 Å². The van der Waals surface area contributed by atoms with Gasteiger partial charge in [0, 0.05) is 17.6 Å². The van der Waals surface area contributed by atoms with Crippen LogP contribution in [-0.2, 0) is 16.4 Å². The van der Waals surface area contributed by atoms with Gasteiger partial charge in [-0.1, -0.05) is 31.5 Å². The van der Waals surface area contributed by atoms with E-state index in [2.05, 4.69) is 19.2 Å². The molecule has 1 unspecified atom stereocenters. The molecule has 0 bridgehead atoms. The number of rotatable bonds is 4. The summed E-state index contributed by atoms with van der Waals surface area (Å²) in [4.78, 5) is 0. The number of fused-ring (bicyclic) bond motifs is 1. The Kier molecular flexibility index (Phi) is 3.93. The summed E-state index contributed by atoms with van der Waals surface area (Å²) in [6.45, 7) is 4.67. The molecule has 1 aliphatic rings. The number of sulfonamides is 1. The van der Waals surface area contributed by atoms with Crippen molar-refractivity contribution in [1.29, 1.82) is 0 Å². The second-order valence-electron chi connectivity index (χ2n) is 5.76. The van der Waals surface area contributed by atoms with Crippen LogP contribution in [0.15, 0.2) is 18.2 Å². The molecule has 0 aromatic heterocycles. The fourth-order valence-corrected chi connectivity index (χ4v) is 3.32. The number of nitrogens with two attached hydrogens (primary N) is 1. The first-order valence-electron chi connectivity index (χ1n) is 6.21. The van der Waals surface area contributed by atoms with Crippen LogP contribution in [0.2, 0.25) is 5.02 Å². The van der Waals surface area contributed by atoms with Crippen LogP contribution in [0.3, 0.4) is 0 Å². The van der Waals surface area contributed by atoms with Gasteiger partial charge in [0.1, 0.15) is 0 Å². The highest BCUT2D eigenvalue weighted by Gasteiger charge is 2.38. The van der Waals surface area contributed by atoms with Crippen LogP contribution < -0.4 is 10.5 Å². The van der Waals surface area contributed by atoms with Gasteiger partial charge in [0.05, 0.1) is 5.75 Å². The largest absolute Gasteiger partial charge is 0.308 e. The molecule has 6 heteroatoms. The lowest BCUT2D eigenvalue weighted by molar-refractivity contribution is 0.273. The van der Waals surface area contributed by atoms with Gasteiger partial charge in [0.15, 0.2) is 0 Å². The van der Waals surface area contributed by atoms with Gasteiger partial charge in [-0.15, -0.1) is 0 Å². The Morgan fingerprint density at radius 1 is 1.47 bits per heavy atom. The monoisotopic (exact) mass is 302 g/mol. The lowest BCUT2D eigenvalue weighted by Crippen LogP contribution is -2.35. The zero-order chi connectivity index (χ0) is 14.3. The van der Waals surface area contributed by atoms with Gasteiger partial charge in [-0.3, -0.25) is 0 Å². The smallest absolute Gasteiger partial charge is 0.210 e. The Morgan fingerprint density at radius 2 is 2.16 bits per heavy atom. The highest BCUT2D eigenvalue weighted by atomic mass is 35.5. The van der Waals surface area contributed by atoms with Crippen molar-refractivity contribution in [3.05, 3.63) is 34.3 Å². The summed E-state index contributed by atoms with van der Waals surface area (Å²) in [6.07, 6.45) is 0.951. The molecule has 3 N–H and O–H groups in total. The van der Waals surface area contributed by atoms with Crippen molar-refractivity contribution in [3.8, 4) is 0 Å². The maximum absolute atomic E-state index is 11.0. The molecule has 0 fully saturated rings. The van der Waals surface area contributed by atoms with Gasteiger partial charge >= 0.3 is 0 Å². The molecule has 2 rings (SSSR count). The highest BCUT2D eigenvalue weighted by Crippen LogP contribution is 2.45. The summed E-state index contributed by atoms with van der Waals surface area (Å²) in [5.74, 6) is -0.0600. The summed E-state index contributed by atoms with van der Waals surface area (Å²) >= 11 is 6.04. The number of primary sulfonamides is 1. The third-order valence-electron chi connectivity index (χ3n) is 3.58. The molecule has 0 heterocycles. The Hall–Kier alpha value is -0.620. The summed E-state index contributed by atoms with van der Waals surface area (Å²) in [5.41, 5.74) is 2.46. The number of benzene rings is 1. The molecule has 0 amide bonds. The fourth-order valence-electron chi connectivity index (χ4n) is 2.74. The molecule has 1 aromatic rings. The van der Waals surface area contributed by atoms with Gasteiger partial charge in [-0.2, -0.15) is 0 Å². The van der Waals surface area contributed by atoms with Crippen LogP contribution in [-0.4, -0.2) is 20.7 Å². The molecule has 0 aliphatic heterocycles. The predicted octanol–water partition coefficient (Wildman–Crippen LogP) is 1.84. The Balaban J connectivity index is 2.17. The normalized spacial score (nSPS) is 21.4. The highest BCUT2D eigenvalue weighted by molar-refractivity contribution is 7.89. The lowest BCUT2D eigenvalue weighted by Gasteiger charge is -2.28. The van der Waals surface area contributed by atoms with Gasteiger partial charge in [-0.25, -0.2) is 13.6 Å². The quantitative estimate of drug-likeness (QED) is 0.891. The van der Waals surface area contributed by atoms with Crippen LogP contribution in [0.4, 0.5) is 0 Å². The van der Waals surface area contributed by atoms with Crippen molar-refractivity contribution in [2.75, 3.05) is 12.3 Å². The minimum atomic E-state index is -3.43. The van der Waals surface area contributed by atoms with Crippen LogP contribution >= 0.6 is 11.6 Å². The van der Waals surface area contributed by atoms with Crippen molar-refractivity contribution in [3.63, 3.8) is 0 Å². The summed E-state index contributed by atoms with van der Waals surface area (Å²) in [5, 5.41) is 9.02. The number of hydrogen-bond acceptors (Lipinski definition) is 3. The van der Waals surface area contributed by atoms with Crippen LogP contribution in [0.1, 0.15) is 31.0 Å². The maximum atomic E-state index is 11.0. The minimum Gasteiger partial charge on any atom is -0.308 e. The predicted molar refractivity (Wildman–Crippen MR) is 77.7 cm³/mol. The van der Waals surface area contributed by atoms with Crippen LogP contribution in [0, 0.1) is 5.41 Å². The molecule has 1 aliphatic carbocycles. The van der Waals surface area contributed by atoms with Crippen molar-refractivity contribution in [2.24, 2.45) is 10.6 Å². The van der Waals surface area contributed by atoms with E-state index in [0.29, 0.717) is 11.6 Å². The lowest BCUT2D eigenvalue weighted by atomic mass is 9.85. The van der Waals surface area contributed by atoms with Crippen molar-refractivity contribution < 1.29 is 8.42 Å². The maximum Gasteiger partial charge on any atom is 0.210 e. The summed E-state index contributed by atoms with van der Waals surface area (Å²) in [7, 11) is -3.43. The SMILES string of the molecule is CC1(C)Cc2ccc(Cl)cc2C1NCCS(N)(=O)=O. The average Bonchev–Trinajstić information content (AvgIpc) is 2.48. The number of nitrogens with one attached hydrogen (secondary N) is 1. The van der Waals surface area contributed by atoms with E-state index in [1.165, 1.54) is 5.56 Å². The minimum absolute atomic E-state index is 0.0331. The molecule has 0 spiro atoms. The standard InChI is InChI=1S/C13H19ClN2O2S/c1-13(2)8-9-3-4-10(14)7-11(9)12(13)16-5-6-19(15,17)18/h3-4,7,12,16H,5-6,8H2,1-2H3,(H2,15,17,18). The topological polar surface area (TPSA) is 72.2 Å². The number of halogens is 1. The first kappa shape index (κ1) is 14.8. The molecule has 1 aromatic carbocycles. The molecule has 106 valence electrons.